The molecule has 2 aromatic heterocycles. The van der Waals surface area contributed by atoms with Crippen molar-refractivity contribution in [1.29, 1.82) is 0 Å². The second-order valence-corrected chi connectivity index (χ2v) is 3.34. The molecule has 0 spiro atoms. The van der Waals surface area contributed by atoms with Crippen LogP contribution in [-0.2, 0) is 6.54 Å². The predicted octanol–water partition coefficient (Wildman–Crippen LogP) is 0.265. The summed E-state index contributed by atoms with van der Waals surface area (Å²) in [6, 6.07) is 1.87. The predicted molar refractivity (Wildman–Crippen MR) is 59.5 cm³/mol. The van der Waals surface area contributed by atoms with Crippen LogP contribution in [0.5, 0.6) is 0 Å². The molecule has 0 saturated carbocycles. The summed E-state index contributed by atoms with van der Waals surface area (Å²) in [7, 11) is 1.83. The maximum atomic E-state index is 5.48. The highest BCUT2D eigenvalue weighted by atomic mass is 16.3. The van der Waals surface area contributed by atoms with Gasteiger partial charge in [0.25, 0.3) is 0 Å². The first-order chi connectivity index (χ1) is 7.65. The van der Waals surface area contributed by atoms with Crippen molar-refractivity contribution in [2.75, 3.05) is 23.4 Å². The lowest BCUT2D eigenvalue weighted by atomic mass is 10.3. The van der Waals surface area contributed by atoms with Crippen LogP contribution >= 0.6 is 0 Å². The molecule has 0 atom stereocenters. The minimum absolute atomic E-state index is 0.113. The minimum atomic E-state index is 0.113. The second-order valence-electron chi connectivity index (χ2n) is 3.34. The zero-order valence-electron chi connectivity index (χ0n) is 8.79. The summed E-state index contributed by atoms with van der Waals surface area (Å²) in [5.41, 5.74) is 12.0. The third kappa shape index (κ3) is 2.19. The van der Waals surface area contributed by atoms with E-state index in [1.807, 2.05) is 13.1 Å². The Bertz CT molecular complexity index is 449. The average molecular weight is 220 g/mol. The fourth-order valence-electron chi connectivity index (χ4n) is 1.30. The van der Waals surface area contributed by atoms with Crippen LogP contribution in [0.25, 0.3) is 0 Å². The lowest BCUT2D eigenvalue weighted by Crippen LogP contribution is -2.20. The van der Waals surface area contributed by atoms with Gasteiger partial charge in [-0.05, 0) is 6.07 Å². The van der Waals surface area contributed by atoms with Crippen LogP contribution in [0.4, 0.5) is 17.8 Å². The Labute approximate surface area is 92.1 Å². The van der Waals surface area contributed by atoms with Crippen molar-refractivity contribution in [2.45, 2.75) is 6.54 Å². The van der Waals surface area contributed by atoms with Gasteiger partial charge in [0.15, 0.2) is 0 Å². The average Bonchev–Trinajstić information content (AvgIpc) is 2.68. The quantitative estimate of drug-likeness (QED) is 0.764. The van der Waals surface area contributed by atoms with E-state index in [4.69, 9.17) is 15.9 Å². The minimum Gasteiger partial charge on any atom is -0.472 e. The Morgan fingerprint density at radius 1 is 1.25 bits per heavy atom. The number of anilines is 3. The van der Waals surface area contributed by atoms with E-state index in [1.54, 1.807) is 17.4 Å². The van der Waals surface area contributed by atoms with Crippen LogP contribution in [0.15, 0.2) is 23.0 Å². The van der Waals surface area contributed by atoms with Crippen LogP contribution < -0.4 is 16.4 Å². The molecule has 7 nitrogen and oxygen atoms in total. The maximum Gasteiger partial charge on any atom is 0.231 e. The van der Waals surface area contributed by atoms with E-state index >= 15 is 0 Å². The lowest BCUT2D eigenvalue weighted by Gasteiger charge is -2.15. The molecule has 0 bridgehead atoms. The highest BCUT2D eigenvalue weighted by Crippen LogP contribution is 2.12. The lowest BCUT2D eigenvalue weighted by molar-refractivity contribution is 0.563. The molecule has 0 radical (unpaired) electrons. The molecule has 0 aliphatic heterocycles. The Balaban J connectivity index is 2.17. The fraction of sp³-hybridized carbons (Fsp3) is 0.222. The van der Waals surface area contributed by atoms with E-state index in [2.05, 4.69) is 15.0 Å². The molecule has 0 aliphatic carbocycles. The monoisotopic (exact) mass is 220 g/mol. The number of rotatable bonds is 3. The molecule has 2 rings (SSSR count). The first-order valence-corrected chi connectivity index (χ1v) is 4.64. The van der Waals surface area contributed by atoms with Crippen LogP contribution in [0.3, 0.4) is 0 Å². The van der Waals surface area contributed by atoms with Gasteiger partial charge in [-0.2, -0.15) is 15.0 Å². The standard InChI is InChI=1S/C9H12N6O/c1-15(4-6-2-3-16-5-6)9-13-7(10)12-8(11)14-9/h2-3,5H,4H2,1H3,(H4,10,11,12,13,14). The first-order valence-electron chi connectivity index (χ1n) is 4.64. The van der Waals surface area contributed by atoms with Gasteiger partial charge in [0.1, 0.15) is 0 Å². The summed E-state index contributed by atoms with van der Waals surface area (Å²) < 4.78 is 4.97. The summed E-state index contributed by atoms with van der Waals surface area (Å²) >= 11 is 0. The molecule has 0 aromatic carbocycles. The molecule has 84 valence electrons. The van der Waals surface area contributed by atoms with Crippen LogP contribution in [0.1, 0.15) is 5.56 Å². The van der Waals surface area contributed by atoms with E-state index in [9.17, 15) is 0 Å². The van der Waals surface area contributed by atoms with E-state index < -0.39 is 0 Å². The van der Waals surface area contributed by atoms with Gasteiger partial charge in [0.05, 0.1) is 12.5 Å². The molecule has 2 aromatic rings. The summed E-state index contributed by atoms with van der Waals surface area (Å²) in [5.74, 6) is 0.661. The molecule has 0 aliphatic rings. The molecule has 7 heteroatoms. The van der Waals surface area contributed by atoms with E-state index in [-0.39, 0.29) is 11.9 Å². The van der Waals surface area contributed by atoms with Gasteiger partial charge in [-0.3, -0.25) is 0 Å². The van der Waals surface area contributed by atoms with Gasteiger partial charge in [-0.1, -0.05) is 0 Å². The number of hydrogen-bond donors (Lipinski definition) is 2. The topological polar surface area (TPSA) is 107 Å². The second kappa shape index (κ2) is 4.05. The zero-order valence-corrected chi connectivity index (χ0v) is 8.79. The molecule has 0 unspecified atom stereocenters. The SMILES string of the molecule is CN(Cc1ccoc1)c1nc(N)nc(N)n1. The maximum absolute atomic E-state index is 5.48. The summed E-state index contributed by atoms with van der Waals surface area (Å²) in [5, 5.41) is 0. The first kappa shape index (κ1) is 10.2. The molecule has 2 heterocycles. The molecule has 0 fully saturated rings. The molecule has 0 amide bonds. The van der Waals surface area contributed by atoms with Crippen molar-refractivity contribution < 1.29 is 4.42 Å². The number of nitrogen functional groups attached to an aromatic ring is 2. The van der Waals surface area contributed by atoms with Crippen LogP contribution in [-0.4, -0.2) is 22.0 Å². The Morgan fingerprint density at radius 2 is 1.94 bits per heavy atom. The highest BCUT2D eigenvalue weighted by Gasteiger charge is 2.08. The van der Waals surface area contributed by atoms with Crippen molar-refractivity contribution in [3.63, 3.8) is 0 Å². The third-order valence-corrected chi connectivity index (χ3v) is 2.00. The van der Waals surface area contributed by atoms with Gasteiger partial charge < -0.3 is 20.8 Å². The fourth-order valence-corrected chi connectivity index (χ4v) is 1.30. The largest absolute Gasteiger partial charge is 0.472 e. The normalized spacial score (nSPS) is 10.3. The van der Waals surface area contributed by atoms with E-state index in [0.29, 0.717) is 12.5 Å². The van der Waals surface area contributed by atoms with Crippen molar-refractivity contribution in [2.24, 2.45) is 0 Å². The molecule has 0 saturated heterocycles. The number of aromatic nitrogens is 3. The molecule has 16 heavy (non-hydrogen) atoms. The molecule has 4 N–H and O–H groups in total. The Hall–Kier alpha value is -2.31. The Kier molecular flexibility index (Phi) is 2.59. The highest BCUT2D eigenvalue weighted by molar-refractivity contribution is 5.39. The van der Waals surface area contributed by atoms with Crippen molar-refractivity contribution in [3.05, 3.63) is 24.2 Å². The number of hydrogen-bond acceptors (Lipinski definition) is 7. The summed E-state index contributed by atoms with van der Waals surface area (Å²) in [4.78, 5) is 13.5. The Morgan fingerprint density at radius 3 is 2.50 bits per heavy atom. The van der Waals surface area contributed by atoms with Crippen LogP contribution in [0.2, 0.25) is 0 Å². The third-order valence-electron chi connectivity index (χ3n) is 2.00. The van der Waals surface area contributed by atoms with Crippen LogP contribution in [0, 0.1) is 0 Å². The number of nitrogens with two attached hydrogens (primary N) is 2. The smallest absolute Gasteiger partial charge is 0.231 e. The summed E-state index contributed by atoms with van der Waals surface area (Å²) in [6.07, 6.45) is 3.27. The van der Waals surface area contributed by atoms with Crippen molar-refractivity contribution in [3.8, 4) is 0 Å². The van der Waals surface area contributed by atoms with Gasteiger partial charge >= 0.3 is 0 Å². The zero-order chi connectivity index (χ0) is 11.5. The summed E-state index contributed by atoms with van der Waals surface area (Å²) in [6.45, 7) is 0.611. The number of furan rings is 1. The van der Waals surface area contributed by atoms with Gasteiger partial charge in [-0.15, -0.1) is 0 Å². The van der Waals surface area contributed by atoms with E-state index in [1.165, 1.54) is 0 Å². The van der Waals surface area contributed by atoms with Crippen molar-refractivity contribution >= 4 is 17.8 Å². The number of nitrogens with zero attached hydrogens (tertiary/aromatic N) is 4. The molecular weight excluding hydrogens is 208 g/mol. The van der Waals surface area contributed by atoms with Gasteiger partial charge in [-0.25, -0.2) is 0 Å². The van der Waals surface area contributed by atoms with Crippen molar-refractivity contribution in [1.82, 2.24) is 15.0 Å². The van der Waals surface area contributed by atoms with E-state index in [0.717, 1.165) is 5.56 Å². The van der Waals surface area contributed by atoms with Gasteiger partial charge in [0.2, 0.25) is 17.8 Å². The molecular formula is C9H12N6O. The van der Waals surface area contributed by atoms with Gasteiger partial charge in [0, 0.05) is 19.2 Å².